The number of rotatable bonds is 4. The number of carbonyl (C=O) groups excluding carboxylic acids is 1. The van der Waals surface area contributed by atoms with Gasteiger partial charge in [0.1, 0.15) is 11.4 Å². The second-order valence-corrected chi connectivity index (χ2v) is 6.78. The minimum absolute atomic E-state index is 0.0961. The third kappa shape index (κ3) is 6.41. The molecule has 7 nitrogen and oxygen atoms in total. The third-order valence-electron chi connectivity index (χ3n) is 2.15. The molecule has 0 bridgehead atoms. The number of hydrogen-bond acceptors (Lipinski definition) is 5. The van der Waals surface area contributed by atoms with Gasteiger partial charge in [0.15, 0.2) is 0 Å². The van der Waals surface area contributed by atoms with Gasteiger partial charge in [-0.2, -0.15) is 13.1 Å². The van der Waals surface area contributed by atoms with Crippen molar-refractivity contribution >= 4 is 22.0 Å². The van der Waals surface area contributed by atoms with E-state index in [1.165, 1.54) is 12.1 Å². The lowest BCUT2D eigenvalue weighted by Crippen LogP contribution is -2.42. The van der Waals surface area contributed by atoms with E-state index in [2.05, 4.69) is 0 Å². The minimum atomic E-state index is -4.15. The maximum atomic E-state index is 13.5. The Balaban J connectivity index is 2.63. The number of anilines is 1. The monoisotopic (exact) mass is 319 g/mol. The fourth-order valence-electron chi connectivity index (χ4n) is 1.32. The van der Waals surface area contributed by atoms with Gasteiger partial charge in [-0.3, -0.25) is 0 Å². The van der Waals surface area contributed by atoms with Gasteiger partial charge in [0.2, 0.25) is 0 Å². The smallest absolute Gasteiger partial charge is 0.422 e. The molecular weight excluding hydrogens is 301 g/mol. The fourth-order valence-corrected chi connectivity index (χ4v) is 2.00. The zero-order valence-electron chi connectivity index (χ0n) is 11.9. The molecule has 0 spiro atoms. The van der Waals surface area contributed by atoms with Crippen molar-refractivity contribution in [3.63, 3.8) is 0 Å². The van der Waals surface area contributed by atoms with Crippen molar-refractivity contribution in [3.05, 3.63) is 29.6 Å². The van der Waals surface area contributed by atoms with Crippen LogP contribution in [0, 0.1) is 5.82 Å². The van der Waals surface area contributed by atoms with Crippen molar-refractivity contribution in [1.82, 2.24) is 9.44 Å². The quantitative estimate of drug-likeness (QED) is 0.724. The molecule has 0 aliphatic carbocycles. The normalized spacial score (nSPS) is 12.0. The first-order valence-electron chi connectivity index (χ1n) is 6.03. The molecule has 0 aliphatic heterocycles. The van der Waals surface area contributed by atoms with Crippen molar-refractivity contribution in [2.45, 2.75) is 32.9 Å². The summed E-state index contributed by atoms with van der Waals surface area (Å²) in [7, 11) is -4.15. The van der Waals surface area contributed by atoms with E-state index >= 15 is 0 Å². The number of nitrogens with two attached hydrogens (primary N) is 1. The van der Waals surface area contributed by atoms with Crippen LogP contribution < -0.4 is 15.2 Å². The maximum Gasteiger partial charge on any atom is 0.422 e. The Bertz CT molecular complexity index is 626. The molecule has 0 heterocycles. The number of amides is 1. The van der Waals surface area contributed by atoms with Gasteiger partial charge >= 0.3 is 16.3 Å². The summed E-state index contributed by atoms with van der Waals surface area (Å²) in [6, 6.07) is 3.86. The van der Waals surface area contributed by atoms with Crippen molar-refractivity contribution in [2.24, 2.45) is 0 Å². The van der Waals surface area contributed by atoms with Crippen LogP contribution in [0.15, 0.2) is 18.2 Å². The van der Waals surface area contributed by atoms with Gasteiger partial charge < -0.3 is 10.5 Å². The van der Waals surface area contributed by atoms with Gasteiger partial charge in [-0.05, 0) is 32.9 Å². The van der Waals surface area contributed by atoms with Gasteiger partial charge in [0.05, 0.1) is 0 Å². The van der Waals surface area contributed by atoms with E-state index in [-0.39, 0.29) is 17.8 Å². The van der Waals surface area contributed by atoms with Gasteiger partial charge in [-0.1, -0.05) is 6.07 Å². The number of nitrogens with one attached hydrogen (secondary N) is 2. The molecule has 118 valence electrons. The van der Waals surface area contributed by atoms with Crippen molar-refractivity contribution < 1.29 is 22.3 Å². The van der Waals surface area contributed by atoms with Gasteiger partial charge in [-0.15, -0.1) is 0 Å². The van der Waals surface area contributed by atoms with Crippen LogP contribution in [-0.2, 0) is 21.5 Å². The van der Waals surface area contributed by atoms with E-state index in [1.807, 2.05) is 4.72 Å². The summed E-state index contributed by atoms with van der Waals surface area (Å²) in [5.41, 5.74) is 4.88. The lowest BCUT2D eigenvalue weighted by atomic mass is 10.2. The topological polar surface area (TPSA) is 111 Å². The summed E-state index contributed by atoms with van der Waals surface area (Å²) >= 11 is 0. The van der Waals surface area contributed by atoms with Crippen LogP contribution in [0.3, 0.4) is 0 Å². The van der Waals surface area contributed by atoms with E-state index in [9.17, 15) is 17.6 Å². The molecule has 1 amide bonds. The summed E-state index contributed by atoms with van der Waals surface area (Å²) in [5.74, 6) is -0.644. The Morgan fingerprint density at radius 1 is 1.38 bits per heavy atom. The number of benzene rings is 1. The second kappa shape index (κ2) is 6.27. The third-order valence-corrected chi connectivity index (χ3v) is 3.11. The molecule has 0 fully saturated rings. The summed E-state index contributed by atoms with van der Waals surface area (Å²) in [4.78, 5) is 11.4. The highest BCUT2D eigenvalue weighted by Gasteiger charge is 2.21. The number of ether oxygens (including phenoxy) is 1. The fraction of sp³-hybridized carbons (Fsp3) is 0.417. The van der Waals surface area contributed by atoms with Crippen molar-refractivity contribution in [3.8, 4) is 0 Å². The SMILES string of the molecule is CC(C)(C)OC(=O)NS(=O)(=O)NCc1ccc(N)cc1F. The first kappa shape index (κ1) is 17.2. The molecule has 1 aromatic carbocycles. The van der Waals surface area contributed by atoms with Crippen LogP contribution in [0.1, 0.15) is 26.3 Å². The van der Waals surface area contributed by atoms with Gasteiger partial charge in [0, 0.05) is 17.8 Å². The van der Waals surface area contributed by atoms with Crippen LogP contribution in [0.5, 0.6) is 0 Å². The molecule has 0 saturated heterocycles. The Morgan fingerprint density at radius 2 is 2.00 bits per heavy atom. The molecular formula is C12H18FN3O4S. The summed E-state index contributed by atoms with van der Waals surface area (Å²) in [5, 5.41) is 0. The Kier molecular flexibility index (Phi) is 5.13. The highest BCUT2D eigenvalue weighted by atomic mass is 32.2. The van der Waals surface area contributed by atoms with Gasteiger partial charge in [0.25, 0.3) is 0 Å². The van der Waals surface area contributed by atoms with E-state index in [4.69, 9.17) is 10.5 Å². The average Bonchev–Trinajstić information content (AvgIpc) is 2.23. The second-order valence-electron chi connectivity index (χ2n) is 5.28. The summed E-state index contributed by atoms with van der Waals surface area (Å²) in [6.07, 6.45) is -1.12. The Morgan fingerprint density at radius 3 is 2.52 bits per heavy atom. The molecule has 1 aromatic rings. The van der Waals surface area contributed by atoms with Gasteiger partial charge in [-0.25, -0.2) is 13.9 Å². The highest BCUT2D eigenvalue weighted by molar-refractivity contribution is 7.88. The van der Waals surface area contributed by atoms with E-state index in [1.54, 1.807) is 25.5 Å². The van der Waals surface area contributed by atoms with E-state index < -0.39 is 27.7 Å². The van der Waals surface area contributed by atoms with Crippen molar-refractivity contribution in [1.29, 1.82) is 0 Å². The van der Waals surface area contributed by atoms with E-state index in [0.29, 0.717) is 0 Å². The Labute approximate surface area is 122 Å². The molecule has 4 N–H and O–H groups in total. The number of halogens is 1. The molecule has 0 radical (unpaired) electrons. The predicted octanol–water partition coefficient (Wildman–Crippen LogP) is 1.27. The van der Waals surface area contributed by atoms with Crippen LogP contribution in [0.4, 0.5) is 14.9 Å². The van der Waals surface area contributed by atoms with Crippen molar-refractivity contribution in [2.75, 3.05) is 5.73 Å². The molecule has 9 heteroatoms. The zero-order valence-corrected chi connectivity index (χ0v) is 12.8. The van der Waals surface area contributed by atoms with Crippen LogP contribution in [0.25, 0.3) is 0 Å². The first-order chi connectivity index (χ1) is 9.48. The molecule has 0 atom stereocenters. The number of carbonyl (C=O) groups is 1. The summed E-state index contributed by atoms with van der Waals surface area (Å²) in [6.45, 7) is 4.45. The first-order valence-corrected chi connectivity index (χ1v) is 7.51. The van der Waals surface area contributed by atoms with Crippen LogP contribution in [0.2, 0.25) is 0 Å². The lowest BCUT2D eigenvalue weighted by Gasteiger charge is -2.19. The minimum Gasteiger partial charge on any atom is -0.443 e. The number of nitrogen functional groups attached to an aromatic ring is 1. The lowest BCUT2D eigenvalue weighted by molar-refractivity contribution is 0.0569. The van der Waals surface area contributed by atoms with Crippen LogP contribution >= 0.6 is 0 Å². The molecule has 21 heavy (non-hydrogen) atoms. The maximum absolute atomic E-state index is 13.5. The standard InChI is InChI=1S/C12H18FN3O4S/c1-12(2,3)20-11(17)16-21(18,19)15-7-8-4-5-9(14)6-10(8)13/h4-6,15H,7,14H2,1-3H3,(H,16,17). The Hall–Kier alpha value is -1.87. The molecule has 0 aromatic heterocycles. The largest absolute Gasteiger partial charge is 0.443 e. The number of hydrogen-bond donors (Lipinski definition) is 3. The van der Waals surface area contributed by atoms with E-state index in [0.717, 1.165) is 6.07 Å². The summed E-state index contributed by atoms with van der Waals surface area (Å²) < 4.78 is 45.2. The molecule has 0 unspecified atom stereocenters. The molecule has 1 rings (SSSR count). The highest BCUT2D eigenvalue weighted by Crippen LogP contribution is 2.11. The van der Waals surface area contributed by atoms with Crippen LogP contribution in [-0.4, -0.2) is 20.1 Å². The molecule has 0 aliphatic rings. The molecule has 0 saturated carbocycles. The zero-order chi connectivity index (χ0) is 16.3. The average molecular weight is 319 g/mol. The predicted molar refractivity (Wildman–Crippen MR) is 75.9 cm³/mol.